The first-order chi connectivity index (χ1) is 8.41. The molecular formula is C11H17F2N3O2. The Kier molecular flexibility index (Phi) is 5.24. The molecule has 1 aromatic heterocycles. The fourth-order valence-electron chi connectivity index (χ4n) is 1.40. The van der Waals surface area contributed by atoms with Crippen LogP contribution in [0.15, 0.2) is 18.3 Å². The lowest BCUT2D eigenvalue weighted by molar-refractivity contribution is 0.0915. The normalized spacial score (nSPS) is 14.6. The summed E-state index contributed by atoms with van der Waals surface area (Å²) in [5.41, 5.74) is 5.69. The van der Waals surface area contributed by atoms with Crippen molar-refractivity contribution in [2.45, 2.75) is 32.0 Å². The SMILES string of the molecule is CC(O)C(N)CNC(=O)c1cccn1CC(F)F. The maximum atomic E-state index is 12.3. The van der Waals surface area contributed by atoms with Crippen LogP contribution in [0, 0.1) is 0 Å². The van der Waals surface area contributed by atoms with E-state index in [1.54, 1.807) is 0 Å². The van der Waals surface area contributed by atoms with E-state index in [0.29, 0.717) is 0 Å². The van der Waals surface area contributed by atoms with Crippen LogP contribution in [0.4, 0.5) is 8.78 Å². The van der Waals surface area contributed by atoms with Crippen molar-refractivity contribution < 1.29 is 18.7 Å². The number of amides is 1. The first kappa shape index (κ1) is 14.6. The minimum Gasteiger partial charge on any atom is -0.392 e. The fourth-order valence-corrected chi connectivity index (χ4v) is 1.40. The van der Waals surface area contributed by atoms with Gasteiger partial charge in [0.2, 0.25) is 0 Å². The average Bonchev–Trinajstić information content (AvgIpc) is 2.72. The van der Waals surface area contributed by atoms with Crippen LogP contribution in [0.5, 0.6) is 0 Å². The summed E-state index contributed by atoms with van der Waals surface area (Å²) in [7, 11) is 0. The number of hydrogen-bond donors (Lipinski definition) is 3. The van der Waals surface area contributed by atoms with E-state index in [1.807, 2.05) is 0 Å². The van der Waals surface area contributed by atoms with E-state index in [4.69, 9.17) is 10.8 Å². The van der Waals surface area contributed by atoms with Gasteiger partial charge < -0.3 is 20.7 Å². The number of hydrogen-bond acceptors (Lipinski definition) is 3. The molecule has 1 aromatic rings. The maximum Gasteiger partial charge on any atom is 0.267 e. The molecule has 0 saturated heterocycles. The molecule has 2 atom stereocenters. The molecular weight excluding hydrogens is 244 g/mol. The molecule has 1 amide bonds. The minimum atomic E-state index is -2.52. The number of aliphatic hydroxyl groups is 1. The molecule has 0 aromatic carbocycles. The topological polar surface area (TPSA) is 80.3 Å². The van der Waals surface area contributed by atoms with Crippen molar-refractivity contribution in [2.75, 3.05) is 6.54 Å². The lowest BCUT2D eigenvalue weighted by Gasteiger charge is -2.15. The third-order valence-corrected chi connectivity index (χ3v) is 2.51. The second-order valence-electron chi connectivity index (χ2n) is 4.05. The molecule has 0 saturated carbocycles. The fraction of sp³-hybridized carbons (Fsp3) is 0.545. The summed E-state index contributed by atoms with van der Waals surface area (Å²) in [5, 5.41) is 11.6. The van der Waals surface area contributed by atoms with Crippen LogP contribution in [0.25, 0.3) is 0 Å². The first-order valence-corrected chi connectivity index (χ1v) is 5.57. The second kappa shape index (κ2) is 6.46. The van der Waals surface area contributed by atoms with Crippen LogP contribution >= 0.6 is 0 Å². The molecule has 5 nitrogen and oxygen atoms in total. The van der Waals surface area contributed by atoms with Gasteiger partial charge in [0.15, 0.2) is 0 Å². The van der Waals surface area contributed by atoms with E-state index >= 15 is 0 Å². The number of aliphatic hydroxyl groups excluding tert-OH is 1. The van der Waals surface area contributed by atoms with Gasteiger partial charge in [-0.1, -0.05) is 0 Å². The van der Waals surface area contributed by atoms with Crippen molar-refractivity contribution in [3.8, 4) is 0 Å². The Balaban J connectivity index is 2.59. The van der Waals surface area contributed by atoms with Crippen molar-refractivity contribution in [3.05, 3.63) is 24.0 Å². The number of nitrogens with zero attached hydrogens (tertiary/aromatic N) is 1. The Morgan fingerprint density at radius 3 is 2.83 bits per heavy atom. The summed E-state index contributed by atoms with van der Waals surface area (Å²) >= 11 is 0. The molecule has 0 aliphatic heterocycles. The number of carbonyl (C=O) groups excluding carboxylic acids is 1. The third kappa shape index (κ3) is 4.08. The van der Waals surface area contributed by atoms with E-state index in [9.17, 15) is 13.6 Å². The van der Waals surface area contributed by atoms with Crippen LogP contribution < -0.4 is 11.1 Å². The van der Waals surface area contributed by atoms with Gasteiger partial charge >= 0.3 is 0 Å². The van der Waals surface area contributed by atoms with Gasteiger partial charge in [0.25, 0.3) is 12.3 Å². The molecule has 0 fully saturated rings. The Morgan fingerprint density at radius 2 is 2.28 bits per heavy atom. The van der Waals surface area contributed by atoms with Gasteiger partial charge in [-0.3, -0.25) is 4.79 Å². The Bertz CT molecular complexity index is 393. The van der Waals surface area contributed by atoms with Gasteiger partial charge in [0, 0.05) is 18.8 Å². The van der Waals surface area contributed by atoms with E-state index in [-0.39, 0.29) is 12.2 Å². The maximum absolute atomic E-state index is 12.3. The van der Waals surface area contributed by atoms with Gasteiger partial charge in [-0.05, 0) is 19.1 Å². The minimum absolute atomic E-state index is 0.0797. The zero-order valence-corrected chi connectivity index (χ0v) is 10.0. The number of carbonyl (C=O) groups is 1. The van der Waals surface area contributed by atoms with Gasteiger partial charge in [-0.2, -0.15) is 0 Å². The number of rotatable bonds is 6. The Hall–Kier alpha value is -1.47. The summed E-state index contributed by atoms with van der Waals surface area (Å²) < 4.78 is 25.7. The van der Waals surface area contributed by atoms with Crippen LogP contribution in [0.3, 0.4) is 0 Å². The zero-order valence-electron chi connectivity index (χ0n) is 10.0. The van der Waals surface area contributed by atoms with Crippen LogP contribution in [0.2, 0.25) is 0 Å². The Morgan fingerprint density at radius 1 is 1.61 bits per heavy atom. The highest BCUT2D eigenvalue weighted by atomic mass is 19.3. The van der Waals surface area contributed by atoms with E-state index in [2.05, 4.69) is 5.32 Å². The van der Waals surface area contributed by atoms with Gasteiger partial charge in [0.05, 0.1) is 12.6 Å². The molecule has 0 spiro atoms. The smallest absolute Gasteiger partial charge is 0.267 e. The molecule has 1 rings (SSSR count). The third-order valence-electron chi connectivity index (χ3n) is 2.51. The second-order valence-corrected chi connectivity index (χ2v) is 4.05. The number of alkyl halides is 2. The number of halogens is 2. The predicted molar refractivity (Wildman–Crippen MR) is 62.4 cm³/mol. The average molecular weight is 261 g/mol. The van der Waals surface area contributed by atoms with E-state index in [0.717, 1.165) is 0 Å². The highest BCUT2D eigenvalue weighted by Crippen LogP contribution is 2.06. The van der Waals surface area contributed by atoms with Crippen LogP contribution in [0.1, 0.15) is 17.4 Å². The standard InChI is InChI=1S/C11H17F2N3O2/c1-7(17)8(14)5-15-11(18)9-3-2-4-16(9)6-10(12)13/h2-4,7-8,10,17H,5-6,14H2,1H3,(H,15,18). The van der Waals surface area contributed by atoms with Gasteiger partial charge in [0.1, 0.15) is 5.69 Å². The first-order valence-electron chi connectivity index (χ1n) is 5.57. The molecule has 0 bridgehead atoms. The lowest BCUT2D eigenvalue weighted by Crippen LogP contribution is -2.44. The quantitative estimate of drug-likeness (QED) is 0.684. The number of nitrogens with one attached hydrogen (secondary N) is 1. The van der Waals surface area contributed by atoms with Crippen molar-refractivity contribution in [2.24, 2.45) is 5.73 Å². The summed E-state index contributed by atoms with van der Waals surface area (Å²) in [4.78, 5) is 11.7. The highest BCUT2D eigenvalue weighted by molar-refractivity contribution is 5.92. The van der Waals surface area contributed by atoms with E-state index < -0.39 is 31.0 Å². The van der Waals surface area contributed by atoms with Crippen molar-refractivity contribution in [1.82, 2.24) is 9.88 Å². The van der Waals surface area contributed by atoms with E-state index in [1.165, 1.54) is 29.8 Å². The van der Waals surface area contributed by atoms with Crippen molar-refractivity contribution in [3.63, 3.8) is 0 Å². The molecule has 0 aliphatic carbocycles. The monoisotopic (exact) mass is 261 g/mol. The highest BCUT2D eigenvalue weighted by Gasteiger charge is 2.15. The summed E-state index contributed by atoms with van der Waals surface area (Å²) in [5.74, 6) is -0.489. The van der Waals surface area contributed by atoms with Gasteiger partial charge in [-0.15, -0.1) is 0 Å². The van der Waals surface area contributed by atoms with Crippen LogP contribution in [-0.2, 0) is 6.54 Å². The lowest BCUT2D eigenvalue weighted by atomic mass is 10.2. The summed E-state index contributed by atoms with van der Waals surface area (Å²) in [6.45, 7) is 1.06. The molecule has 0 radical (unpaired) electrons. The van der Waals surface area contributed by atoms with Crippen LogP contribution in [-0.4, -0.2) is 40.7 Å². The van der Waals surface area contributed by atoms with Crippen molar-refractivity contribution >= 4 is 5.91 Å². The number of aromatic nitrogens is 1. The molecule has 1 heterocycles. The molecule has 18 heavy (non-hydrogen) atoms. The Labute approximate surface area is 104 Å². The molecule has 0 aliphatic rings. The largest absolute Gasteiger partial charge is 0.392 e. The van der Waals surface area contributed by atoms with Crippen molar-refractivity contribution in [1.29, 1.82) is 0 Å². The molecule has 7 heteroatoms. The molecule has 102 valence electrons. The summed E-state index contributed by atoms with van der Waals surface area (Å²) in [6, 6.07) is 2.38. The summed E-state index contributed by atoms with van der Waals surface area (Å²) in [6.07, 6.45) is -1.86. The zero-order chi connectivity index (χ0) is 13.7. The predicted octanol–water partition coefficient (Wildman–Crippen LogP) is 0.191. The molecule has 4 N–H and O–H groups in total. The number of nitrogens with two attached hydrogens (primary N) is 1. The van der Waals surface area contributed by atoms with Gasteiger partial charge in [-0.25, -0.2) is 8.78 Å². The molecule has 2 unspecified atom stereocenters.